The minimum atomic E-state index is -2.65. The van der Waals surface area contributed by atoms with Crippen LogP contribution in [0.1, 0.15) is 112 Å². The molecule has 15 nitrogen and oxygen atoms in total. The van der Waals surface area contributed by atoms with Crippen LogP contribution in [-0.4, -0.2) is 115 Å². The summed E-state index contributed by atoms with van der Waals surface area (Å²) < 4.78 is 39.9. The Morgan fingerprint density at radius 3 is 2.44 bits per heavy atom. The van der Waals surface area contributed by atoms with Crippen molar-refractivity contribution in [1.29, 1.82) is 5.26 Å². The Bertz CT molecular complexity index is 3030. The average Bonchev–Trinajstić information content (AvgIpc) is 4.16. The molecule has 17 heteroatoms. The van der Waals surface area contributed by atoms with E-state index in [9.17, 15) is 18.8 Å². The maximum Gasteiger partial charge on any atom is 0.264 e. The molecule has 6 aromatic rings. The summed E-state index contributed by atoms with van der Waals surface area (Å²) in [4.78, 5) is 28.8. The van der Waals surface area contributed by atoms with E-state index < -0.39 is 6.43 Å². The van der Waals surface area contributed by atoms with Gasteiger partial charge in [-0.3, -0.25) is 19.1 Å². The van der Waals surface area contributed by atoms with Crippen LogP contribution >= 0.6 is 0 Å². The summed E-state index contributed by atoms with van der Waals surface area (Å²) in [6.45, 7) is 10.4. The highest BCUT2D eigenvalue weighted by atomic mass is 19.3. The molecule has 2 aromatic carbocycles. The number of anilines is 4. The van der Waals surface area contributed by atoms with Gasteiger partial charge in [-0.05, 0) is 136 Å². The first-order valence-electron chi connectivity index (χ1n) is 26.7. The first-order valence-corrected chi connectivity index (χ1v) is 26.7. The van der Waals surface area contributed by atoms with Crippen molar-refractivity contribution in [2.45, 2.75) is 109 Å². The van der Waals surface area contributed by atoms with Crippen molar-refractivity contribution in [3.05, 3.63) is 95.1 Å². The number of aryl methyl sites for hydroxylation is 2. The molecule has 1 amide bonds. The van der Waals surface area contributed by atoms with E-state index in [1.165, 1.54) is 11.4 Å². The van der Waals surface area contributed by atoms with Gasteiger partial charge in [-0.2, -0.15) is 15.5 Å². The predicted molar refractivity (Wildman–Crippen MR) is 276 cm³/mol. The van der Waals surface area contributed by atoms with E-state index in [4.69, 9.17) is 9.84 Å². The van der Waals surface area contributed by atoms with Crippen molar-refractivity contribution >= 4 is 39.8 Å². The standard InChI is InChI=1S/C56H65F2N13O2/c1-37(72)68-25-17-49-47(35-68)55(70-22-4-5-39-29-45(41-32-61-65(2)34-41)46(54(57)58)30-50(39)70)64-71(49)42-10-7-38(8-11-42)33-66-23-15-43(16-24-66)73-52-14-13-51(62-63-52)67-26-18-56(19-27-67)20-28-69(36-56)48-12-9-40(31-59)53-44(48)6-3-21-60-53/h3,6,9,12-14,21,29-30,32,34,38,42-43,54H,4-5,7-8,10-11,15-20,22-28,33,35-36H2,1-2H3. The minimum Gasteiger partial charge on any atom is -0.473 e. The number of carbonyl (C=O) groups is 1. The number of carbonyl (C=O) groups excluding carboxylic acids is 1. The molecule has 12 rings (SSSR count). The first kappa shape index (κ1) is 47.3. The van der Waals surface area contributed by atoms with Crippen LogP contribution in [0.3, 0.4) is 0 Å². The van der Waals surface area contributed by atoms with Gasteiger partial charge < -0.3 is 29.2 Å². The van der Waals surface area contributed by atoms with E-state index in [1.807, 2.05) is 29.2 Å². The number of amides is 1. The highest BCUT2D eigenvalue weighted by molar-refractivity contribution is 5.95. The topological polar surface area (TPSA) is 141 Å². The number of pyridine rings is 1. The normalized spacial score (nSPS) is 21.5. The number of nitriles is 1. The number of hydrogen-bond donors (Lipinski definition) is 0. The second-order valence-electron chi connectivity index (χ2n) is 21.7. The highest BCUT2D eigenvalue weighted by Crippen LogP contribution is 2.46. The Morgan fingerprint density at radius 1 is 0.904 bits per heavy atom. The number of piperidine rings is 2. The van der Waals surface area contributed by atoms with Crippen LogP contribution in [0.25, 0.3) is 22.0 Å². The Balaban J connectivity index is 0.634. The van der Waals surface area contributed by atoms with Gasteiger partial charge in [-0.1, -0.05) is 0 Å². The van der Waals surface area contributed by atoms with Gasteiger partial charge in [0, 0.05) is 137 Å². The monoisotopic (exact) mass is 990 g/mol. The lowest BCUT2D eigenvalue weighted by molar-refractivity contribution is -0.129. The lowest BCUT2D eigenvalue weighted by Crippen LogP contribution is -2.42. The second kappa shape index (κ2) is 19.6. The molecule has 6 aliphatic rings. The molecule has 3 saturated heterocycles. The molecule has 0 unspecified atom stereocenters. The summed E-state index contributed by atoms with van der Waals surface area (Å²) in [6.07, 6.45) is 14.7. The van der Waals surface area contributed by atoms with Gasteiger partial charge >= 0.3 is 0 Å². The fourth-order valence-corrected chi connectivity index (χ4v) is 13.2. The molecule has 380 valence electrons. The third-order valence-corrected chi connectivity index (χ3v) is 17.3. The lowest BCUT2D eigenvalue weighted by Gasteiger charge is -2.39. The van der Waals surface area contributed by atoms with E-state index in [2.05, 4.69) is 68.8 Å². The molecule has 73 heavy (non-hydrogen) atoms. The number of aromatic nitrogens is 7. The number of halogens is 2. The molecule has 5 aliphatic heterocycles. The zero-order valence-electron chi connectivity index (χ0n) is 42.1. The summed E-state index contributed by atoms with van der Waals surface area (Å²) >= 11 is 0. The third-order valence-electron chi connectivity index (χ3n) is 17.3. The summed E-state index contributed by atoms with van der Waals surface area (Å²) in [6, 6.07) is 18.3. The van der Waals surface area contributed by atoms with E-state index in [0.29, 0.717) is 48.1 Å². The first-order chi connectivity index (χ1) is 35.6. The van der Waals surface area contributed by atoms with E-state index in [-0.39, 0.29) is 29.0 Å². The number of hydrogen-bond acceptors (Lipinski definition) is 12. The van der Waals surface area contributed by atoms with Crippen LogP contribution in [-0.2, 0) is 31.2 Å². The zero-order chi connectivity index (χ0) is 49.8. The Morgan fingerprint density at radius 2 is 1.71 bits per heavy atom. The molecule has 1 aliphatic carbocycles. The quantitative estimate of drug-likeness (QED) is 0.129. The van der Waals surface area contributed by atoms with Crippen LogP contribution in [0.2, 0.25) is 0 Å². The van der Waals surface area contributed by atoms with Crippen LogP contribution < -0.4 is 19.4 Å². The molecular weight excluding hydrogens is 925 g/mol. The molecule has 1 saturated carbocycles. The number of ether oxygens (including phenoxy) is 1. The molecule has 4 fully saturated rings. The van der Waals surface area contributed by atoms with Crippen LogP contribution in [0, 0.1) is 22.7 Å². The number of likely N-dealkylation sites (tertiary alicyclic amines) is 1. The van der Waals surface area contributed by atoms with Crippen molar-refractivity contribution in [2.75, 3.05) is 73.6 Å². The molecule has 4 aromatic heterocycles. The lowest BCUT2D eigenvalue weighted by atomic mass is 9.78. The molecular formula is C56H65F2N13O2. The van der Waals surface area contributed by atoms with E-state index in [1.54, 1.807) is 43.3 Å². The van der Waals surface area contributed by atoms with Crippen LogP contribution in [0.4, 0.5) is 31.8 Å². The maximum atomic E-state index is 14.8. The Kier molecular flexibility index (Phi) is 12.7. The number of rotatable bonds is 10. The average molecular weight is 990 g/mol. The van der Waals surface area contributed by atoms with Gasteiger partial charge in [0.1, 0.15) is 12.2 Å². The number of benzene rings is 2. The highest BCUT2D eigenvalue weighted by Gasteiger charge is 2.42. The molecule has 0 atom stereocenters. The molecule has 0 radical (unpaired) electrons. The molecule has 0 N–H and O–H groups in total. The molecule has 1 spiro atoms. The Labute approximate surface area is 425 Å². The van der Waals surface area contributed by atoms with Gasteiger partial charge in [-0.25, -0.2) is 8.78 Å². The minimum absolute atomic E-state index is 0.00152. The van der Waals surface area contributed by atoms with Gasteiger partial charge in [0.15, 0.2) is 11.6 Å². The number of nitrogens with zero attached hydrogens (tertiary/aromatic N) is 13. The van der Waals surface area contributed by atoms with Crippen LogP contribution in [0.15, 0.2) is 67.1 Å². The molecule has 9 heterocycles. The van der Waals surface area contributed by atoms with Crippen molar-refractivity contribution < 1.29 is 18.3 Å². The Hall–Kier alpha value is -6.67. The van der Waals surface area contributed by atoms with Crippen molar-refractivity contribution in [2.24, 2.45) is 18.4 Å². The predicted octanol–water partition coefficient (Wildman–Crippen LogP) is 9.19. The summed E-state index contributed by atoms with van der Waals surface area (Å²) in [7, 11) is 1.80. The summed E-state index contributed by atoms with van der Waals surface area (Å²) in [5.74, 6) is 2.97. The SMILES string of the molecule is CC(=O)N1CCc2c(c(N3CCCc4cc(-c5cnn(C)c5)c(C(F)F)cc43)nn2C2CCC(CN3CCC(Oc4ccc(N5CCC6(CC5)CCN(c5ccc(C#N)c7ncccc57)C6)nn4)CC3)CC2)C1. The molecule has 0 bridgehead atoms. The van der Waals surface area contributed by atoms with Crippen LogP contribution in [0.5, 0.6) is 5.88 Å². The third kappa shape index (κ3) is 9.25. The number of alkyl halides is 2. The van der Waals surface area contributed by atoms with Crippen molar-refractivity contribution in [1.82, 2.24) is 44.5 Å². The second-order valence-corrected chi connectivity index (χ2v) is 21.7. The summed E-state index contributed by atoms with van der Waals surface area (Å²) in [5, 5.41) is 29.6. The largest absolute Gasteiger partial charge is 0.473 e. The maximum absolute atomic E-state index is 14.8. The van der Waals surface area contributed by atoms with Gasteiger partial charge in [-0.15, -0.1) is 10.2 Å². The van der Waals surface area contributed by atoms with E-state index >= 15 is 0 Å². The van der Waals surface area contributed by atoms with Crippen molar-refractivity contribution in [3.8, 4) is 23.1 Å². The summed E-state index contributed by atoms with van der Waals surface area (Å²) in [5.41, 5.74) is 8.13. The van der Waals surface area contributed by atoms with Gasteiger partial charge in [0.2, 0.25) is 11.8 Å². The zero-order valence-corrected chi connectivity index (χ0v) is 42.1. The van der Waals surface area contributed by atoms with E-state index in [0.717, 1.165) is 162 Å². The van der Waals surface area contributed by atoms with Gasteiger partial charge in [0.25, 0.3) is 6.43 Å². The fourth-order valence-electron chi connectivity index (χ4n) is 13.2. The van der Waals surface area contributed by atoms with Crippen molar-refractivity contribution in [3.63, 3.8) is 0 Å². The fraction of sp³-hybridized carbons (Fsp3) is 0.518. The smallest absolute Gasteiger partial charge is 0.264 e. The number of fused-ring (bicyclic) bond motifs is 3. The van der Waals surface area contributed by atoms with Gasteiger partial charge in [0.05, 0.1) is 29.9 Å².